The lowest BCUT2D eigenvalue weighted by atomic mass is 10.2. The van der Waals surface area contributed by atoms with Gasteiger partial charge in [-0.2, -0.15) is 0 Å². The predicted molar refractivity (Wildman–Crippen MR) is 104 cm³/mol. The zero-order chi connectivity index (χ0) is 16.5. The highest BCUT2D eigenvalue weighted by Crippen LogP contribution is 2.07. The standard InChI is InChI=1S/C17H21FN4O.HI/c1-3-19-17(21-10-13-4-7-15(18)8-5-13)22-12-14-6-9-16(23-2)20-11-14;/h4-9,11H,3,10,12H2,1-2H3,(H2,19,21,22);1H. The average Bonchev–Trinajstić information content (AvgIpc) is 2.59. The van der Waals surface area contributed by atoms with Gasteiger partial charge in [-0.3, -0.25) is 0 Å². The smallest absolute Gasteiger partial charge is 0.212 e. The third-order valence-corrected chi connectivity index (χ3v) is 3.14. The minimum atomic E-state index is -0.235. The second-order valence-corrected chi connectivity index (χ2v) is 4.88. The number of hydrogen-bond donors (Lipinski definition) is 2. The molecule has 2 aromatic rings. The summed E-state index contributed by atoms with van der Waals surface area (Å²) >= 11 is 0. The number of benzene rings is 1. The molecule has 0 saturated heterocycles. The van der Waals surface area contributed by atoms with Gasteiger partial charge >= 0.3 is 0 Å². The number of halogens is 2. The zero-order valence-electron chi connectivity index (χ0n) is 13.8. The Kier molecular flexibility index (Phi) is 9.06. The maximum Gasteiger partial charge on any atom is 0.212 e. The highest BCUT2D eigenvalue weighted by Gasteiger charge is 2.00. The average molecular weight is 444 g/mol. The van der Waals surface area contributed by atoms with Gasteiger partial charge in [-0.25, -0.2) is 14.4 Å². The number of nitrogens with zero attached hydrogens (tertiary/aromatic N) is 2. The van der Waals surface area contributed by atoms with Crippen molar-refractivity contribution in [2.45, 2.75) is 20.0 Å². The Morgan fingerprint density at radius 1 is 1.12 bits per heavy atom. The fourth-order valence-electron chi connectivity index (χ4n) is 1.93. The van der Waals surface area contributed by atoms with E-state index in [2.05, 4.69) is 20.6 Å². The van der Waals surface area contributed by atoms with Crippen LogP contribution in [0.1, 0.15) is 18.1 Å². The van der Waals surface area contributed by atoms with Crippen molar-refractivity contribution in [2.75, 3.05) is 13.7 Å². The normalized spacial score (nSPS) is 10.7. The quantitative estimate of drug-likeness (QED) is 0.409. The van der Waals surface area contributed by atoms with E-state index in [1.165, 1.54) is 12.1 Å². The van der Waals surface area contributed by atoms with Crippen LogP contribution in [0.25, 0.3) is 0 Å². The molecule has 0 atom stereocenters. The number of methoxy groups -OCH3 is 1. The van der Waals surface area contributed by atoms with Crippen LogP contribution in [0, 0.1) is 5.82 Å². The molecular weight excluding hydrogens is 422 g/mol. The molecule has 0 radical (unpaired) electrons. The lowest BCUT2D eigenvalue weighted by Crippen LogP contribution is -2.36. The summed E-state index contributed by atoms with van der Waals surface area (Å²) in [6.45, 7) is 3.85. The molecule has 0 aliphatic heterocycles. The maximum atomic E-state index is 12.9. The van der Waals surface area contributed by atoms with Crippen LogP contribution in [-0.2, 0) is 13.1 Å². The minimum Gasteiger partial charge on any atom is -0.481 e. The van der Waals surface area contributed by atoms with Gasteiger partial charge in [0.05, 0.1) is 13.7 Å². The molecule has 2 N–H and O–H groups in total. The summed E-state index contributed by atoms with van der Waals surface area (Å²) in [7, 11) is 1.59. The van der Waals surface area contributed by atoms with Crippen LogP contribution < -0.4 is 15.4 Å². The molecule has 1 heterocycles. The molecule has 7 heteroatoms. The number of rotatable bonds is 6. The van der Waals surface area contributed by atoms with E-state index in [4.69, 9.17) is 4.74 Å². The molecule has 130 valence electrons. The van der Waals surface area contributed by atoms with Crippen LogP contribution in [0.4, 0.5) is 4.39 Å². The first-order valence-electron chi connectivity index (χ1n) is 7.47. The van der Waals surface area contributed by atoms with Crippen LogP contribution in [0.2, 0.25) is 0 Å². The first-order chi connectivity index (χ1) is 11.2. The van der Waals surface area contributed by atoms with Gasteiger partial charge in [0.25, 0.3) is 0 Å². The molecule has 0 fully saturated rings. The number of pyridine rings is 1. The molecule has 0 bridgehead atoms. The van der Waals surface area contributed by atoms with E-state index >= 15 is 0 Å². The second-order valence-electron chi connectivity index (χ2n) is 4.88. The summed E-state index contributed by atoms with van der Waals surface area (Å²) in [4.78, 5) is 8.67. The Morgan fingerprint density at radius 2 is 1.83 bits per heavy atom. The SMILES string of the molecule is CCNC(=NCc1ccc(OC)nc1)NCc1ccc(F)cc1.I. The second kappa shape index (κ2) is 10.8. The molecule has 24 heavy (non-hydrogen) atoms. The van der Waals surface area contributed by atoms with E-state index < -0.39 is 0 Å². The van der Waals surface area contributed by atoms with Crippen molar-refractivity contribution in [3.63, 3.8) is 0 Å². The Labute approximate surface area is 158 Å². The van der Waals surface area contributed by atoms with Crippen molar-refractivity contribution in [2.24, 2.45) is 4.99 Å². The Bertz CT molecular complexity index is 632. The molecule has 0 spiro atoms. The highest BCUT2D eigenvalue weighted by atomic mass is 127. The fourth-order valence-corrected chi connectivity index (χ4v) is 1.93. The summed E-state index contributed by atoms with van der Waals surface area (Å²) in [6.07, 6.45) is 1.74. The van der Waals surface area contributed by atoms with Crippen LogP contribution in [-0.4, -0.2) is 24.6 Å². The van der Waals surface area contributed by atoms with Crippen LogP contribution in [0.5, 0.6) is 5.88 Å². The van der Waals surface area contributed by atoms with E-state index in [0.717, 1.165) is 17.7 Å². The van der Waals surface area contributed by atoms with Gasteiger partial charge in [-0.05, 0) is 30.2 Å². The van der Waals surface area contributed by atoms with E-state index in [0.29, 0.717) is 24.9 Å². The monoisotopic (exact) mass is 444 g/mol. The minimum absolute atomic E-state index is 0. The Hall–Kier alpha value is -1.90. The predicted octanol–water partition coefficient (Wildman–Crippen LogP) is 3.10. The molecule has 5 nitrogen and oxygen atoms in total. The number of nitrogens with one attached hydrogen (secondary N) is 2. The van der Waals surface area contributed by atoms with Crippen molar-refractivity contribution < 1.29 is 9.13 Å². The van der Waals surface area contributed by atoms with Crippen molar-refractivity contribution >= 4 is 29.9 Å². The number of aliphatic imine (C=N–C) groups is 1. The summed E-state index contributed by atoms with van der Waals surface area (Å²) < 4.78 is 17.9. The lowest BCUT2D eigenvalue weighted by molar-refractivity contribution is 0.397. The molecule has 0 saturated carbocycles. The van der Waals surface area contributed by atoms with Gasteiger partial charge in [0, 0.05) is 25.4 Å². The topological polar surface area (TPSA) is 58.5 Å². The highest BCUT2D eigenvalue weighted by molar-refractivity contribution is 14.0. The van der Waals surface area contributed by atoms with Gasteiger partial charge in [0.15, 0.2) is 5.96 Å². The fraction of sp³-hybridized carbons (Fsp3) is 0.294. The van der Waals surface area contributed by atoms with Crippen LogP contribution in [0.15, 0.2) is 47.6 Å². The lowest BCUT2D eigenvalue weighted by Gasteiger charge is -2.11. The maximum absolute atomic E-state index is 12.9. The van der Waals surface area contributed by atoms with E-state index in [1.54, 1.807) is 25.4 Å². The van der Waals surface area contributed by atoms with Gasteiger partial charge in [0.1, 0.15) is 5.82 Å². The number of ether oxygens (including phenoxy) is 1. The molecule has 0 aliphatic rings. The molecule has 1 aromatic heterocycles. The van der Waals surface area contributed by atoms with E-state index in [9.17, 15) is 4.39 Å². The summed E-state index contributed by atoms with van der Waals surface area (Å²) in [6, 6.07) is 10.1. The first kappa shape index (κ1) is 20.1. The van der Waals surface area contributed by atoms with Crippen molar-refractivity contribution in [1.82, 2.24) is 15.6 Å². The zero-order valence-corrected chi connectivity index (χ0v) is 16.1. The molecule has 0 amide bonds. The molecule has 2 rings (SSSR count). The molecule has 0 unspecified atom stereocenters. The number of aromatic nitrogens is 1. The van der Waals surface area contributed by atoms with Crippen LogP contribution in [0.3, 0.4) is 0 Å². The van der Waals surface area contributed by atoms with Gasteiger partial charge in [-0.15, -0.1) is 24.0 Å². The van der Waals surface area contributed by atoms with Crippen molar-refractivity contribution in [3.8, 4) is 5.88 Å². The van der Waals surface area contributed by atoms with Gasteiger partial charge in [0.2, 0.25) is 5.88 Å². The van der Waals surface area contributed by atoms with Crippen LogP contribution >= 0.6 is 24.0 Å². The largest absolute Gasteiger partial charge is 0.481 e. The third kappa shape index (κ3) is 6.69. The van der Waals surface area contributed by atoms with Gasteiger partial charge < -0.3 is 15.4 Å². The van der Waals surface area contributed by atoms with Crippen molar-refractivity contribution in [1.29, 1.82) is 0 Å². The summed E-state index contributed by atoms with van der Waals surface area (Å²) in [5.41, 5.74) is 1.98. The van der Waals surface area contributed by atoms with Crippen molar-refractivity contribution in [3.05, 3.63) is 59.5 Å². The molecule has 1 aromatic carbocycles. The third-order valence-electron chi connectivity index (χ3n) is 3.14. The number of hydrogen-bond acceptors (Lipinski definition) is 3. The first-order valence-corrected chi connectivity index (χ1v) is 7.47. The Balaban J connectivity index is 0.00000288. The molecule has 0 aliphatic carbocycles. The van der Waals surface area contributed by atoms with E-state index in [1.807, 2.05) is 19.1 Å². The summed E-state index contributed by atoms with van der Waals surface area (Å²) in [5, 5.41) is 6.40. The summed E-state index contributed by atoms with van der Waals surface area (Å²) in [5.74, 6) is 1.05. The Morgan fingerprint density at radius 3 is 2.42 bits per heavy atom. The van der Waals surface area contributed by atoms with Gasteiger partial charge in [-0.1, -0.05) is 18.2 Å². The van der Waals surface area contributed by atoms with E-state index in [-0.39, 0.29) is 29.8 Å². The number of guanidine groups is 1. The molecular formula is C17H22FIN4O.